The maximum absolute atomic E-state index is 13.5. The molecule has 0 fully saturated rings. The summed E-state index contributed by atoms with van der Waals surface area (Å²) in [6.07, 6.45) is 1.60. The second-order valence-corrected chi connectivity index (χ2v) is 4.37. The molecular formula is C12H14FN5O2. The Bertz CT molecular complexity index is 641. The number of nitro benzene ring substituents is 1. The first kappa shape index (κ1) is 13.9. The zero-order valence-electron chi connectivity index (χ0n) is 10.9. The fourth-order valence-corrected chi connectivity index (χ4v) is 1.94. The fourth-order valence-electron chi connectivity index (χ4n) is 1.94. The predicted octanol–water partition coefficient (Wildman–Crippen LogP) is 1.91. The summed E-state index contributed by atoms with van der Waals surface area (Å²) in [6, 6.07) is 3.77. The predicted molar refractivity (Wildman–Crippen MR) is 70.6 cm³/mol. The Labute approximate surface area is 114 Å². The molecule has 0 aliphatic heterocycles. The van der Waals surface area contributed by atoms with E-state index in [1.165, 1.54) is 6.07 Å². The highest BCUT2D eigenvalue weighted by atomic mass is 19.1. The van der Waals surface area contributed by atoms with Crippen LogP contribution < -0.4 is 5.73 Å². The number of halogens is 1. The van der Waals surface area contributed by atoms with E-state index < -0.39 is 16.4 Å². The number of rotatable bonds is 5. The van der Waals surface area contributed by atoms with Gasteiger partial charge in [-0.15, -0.1) is 5.10 Å². The zero-order valence-corrected chi connectivity index (χ0v) is 10.9. The molecule has 0 saturated heterocycles. The number of hydrogen-bond donors (Lipinski definition) is 1. The van der Waals surface area contributed by atoms with Crippen molar-refractivity contribution in [2.45, 2.75) is 26.3 Å². The summed E-state index contributed by atoms with van der Waals surface area (Å²) in [6.45, 7) is 2.27. The van der Waals surface area contributed by atoms with Crippen molar-refractivity contribution in [1.82, 2.24) is 15.0 Å². The van der Waals surface area contributed by atoms with Crippen molar-refractivity contribution in [2.75, 3.05) is 5.73 Å². The van der Waals surface area contributed by atoms with E-state index in [9.17, 15) is 14.5 Å². The fraction of sp³-hybridized carbons (Fsp3) is 0.333. The highest BCUT2D eigenvalue weighted by Crippen LogP contribution is 2.19. The first-order chi connectivity index (χ1) is 9.52. The molecule has 2 aromatic rings. The quantitative estimate of drug-likeness (QED) is 0.665. The summed E-state index contributed by atoms with van der Waals surface area (Å²) in [5.74, 6) is -0.508. The lowest BCUT2D eigenvalue weighted by Crippen LogP contribution is -2.08. The van der Waals surface area contributed by atoms with E-state index >= 15 is 0 Å². The lowest BCUT2D eigenvalue weighted by Gasteiger charge is -2.06. The van der Waals surface area contributed by atoms with Gasteiger partial charge in [0, 0.05) is 6.07 Å². The van der Waals surface area contributed by atoms with Crippen LogP contribution in [0.5, 0.6) is 0 Å². The van der Waals surface area contributed by atoms with Crippen LogP contribution in [0.2, 0.25) is 0 Å². The number of nitrogens with zero attached hydrogens (tertiary/aromatic N) is 4. The Morgan fingerprint density at radius 2 is 2.25 bits per heavy atom. The van der Waals surface area contributed by atoms with Crippen molar-refractivity contribution in [2.24, 2.45) is 0 Å². The molecule has 0 aliphatic rings. The van der Waals surface area contributed by atoms with Gasteiger partial charge in [-0.05, 0) is 18.1 Å². The van der Waals surface area contributed by atoms with Crippen LogP contribution in [0.15, 0.2) is 18.2 Å². The summed E-state index contributed by atoms with van der Waals surface area (Å²) >= 11 is 0. The van der Waals surface area contributed by atoms with Crippen molar-refractivity contribution in [3.63, 3.8) is 0 Å². The van der Waals surface area contributed by atoms with E-state index in [1.807, 2.05) is 6.92 Å². The summed E-state index contributed by atoms with van der Waals surface area (Å²) < 4.78 is 15.1. The van der Waals surface area contributed by atoms with Gasteiger partial charge in [-0.1, -0.05) is 24.6 Å². The lowest BCUT2D eigenvalue weighted by molar-refractivity contribution is -0.387. The molecule has 0 atom stereocenters. The van der Waals surface area contributed by atoms with Crippen LogP contribution in [0.1, 0.15) is 24.6 Å². The smallest absolute Gasteiger partial charge is 0.304 e. The number of hydrogen-bond acceptors (Lipinski definition) is 5. The van der Waals surface area contributed by atoms with Gasteiger partial charge in [0.25, 0.3) is 0 Å². The van der Waals surface area contributed by atoms with Gasteiger partial charge >= 0.3 is 5.69 Å². The maximum Gasteiger partial charge on any atom is 0.304 e. The molecule has 2 N–H and O–H groups in total. The molecular weight excluding hydrogens is 265 g/mol. The summed E-state index contributed by atoms with van der Waals surface area (Å²) in [5, 5.41) is 18.2. The van der Waals surface area contributed by atoms with E-state index in [4.69, 9.17) is 5.73 Å². The van der Waals surface area contributed by atoms with Crippen LogP contribution in [0.4, 0.5) is 15.9 Å². The first-order valence-electron chi connectivity index (χ1n) is 6.13. The molecule has 0 amide bonds. The number of aromatic nitrogens is 3. The van der Waals surface area contributed by atoms with Gasteiger partial charge in [0.2, 0.25) is 5.82 Å². The summed E-state index contributed by atoms with van der Waals surface area (Å²) in [4.78, 5) is 9.80. The lowest BCUT2D eigenvalue weighted by atomic mass is 10.2. The van der Waals surface area contributed by atoms with Crippen molar-refractivity contribution in [1.29, 1.82) is 0 Å². The van der Waals surface area contributed by atoms with Crippen LogP contribution >= 0.6 is 0 Å². The Kier molecular flexibility index (Phi) is 3.92. The van der Waals surface area contributed by atoms with Crippen LogP contribution in [0.3, 0.4) is 0 Å². The number of nitro groups is 1. The average Bonchev–Trinajstić information content (AvgIpc) is 2.72. The number of nitrogen functional groups attached to an aromatic ring is 1. The number of nitrogens with two attached hydrogens (primary N) is 1. The third-order valence-corrected chi connectivity index (χ3v) is 2.90. The molecule has 0 aliphatic carbocycles. The second kappa shape index (κ2) is 5.64. The average molecular weight is 279 g/mol. The van der Waals surface area contributed by atoms with Gasteiger partial charge in [0.05, 0.1) is 17.2 Å². The minimum atomic E-state index is -0.863. The van der Waals surface area contributed by atoms with E-state index in [2.05, 4.69) is 10.3 Å². The third kappa shape index (κ3) is 2.73. The van der Waals surface area contributed by atoms with Crippen LogP contribution in [-0.4, -0.2) is 19.9 Å². The maximum atomic E-state index is 13.5. The highest BCUT2D eigenvalue weighted by molar-refractivity contribution is 5.36. The molecule has 7 nitrogen and oxygen atoms in total. The topological polar surface area (TPSA) is 99.9 Å². The Morgan fingerprint density at radius 1 is 1.50 bits per heavy atom. The summed E-state index contributed by atoms with van der Waals surface area (Å²) in [7, 11) is 0. The minimum Gasteiger partial charge on any atom is -0.381 e. The van der Waals surface area contributed by atoms with Gasteiger partial charge in [-0.25, -0.2) is 4.68 Å². The SMILES string of the molecule is CCCc1c(N)nnn1Cc1ccc([N+](=O)[O-])c(F)c1. The summed E-state index contributed by atoms with van der Waals surface area (Å²) in [5.41, 5.74) is 6.52. The molecule has 2 rings (SSSR count). The van der Waals surface area contributed by atoms with E-state index in [0.29, 0.717) is 17.8 Å². The van der Waals surface area contributed by atoms with Gasteiger partial charge in [-0.2, -0.15) is 4.39 Å². The van der Waals surface area contributed by atoms with Gasteiger partial charge in [0.1, 0.15) is 0 Å². The Hall–Kier alpha value is -2.51. The number of anilines is 1. The molecule has 20 heavy (non-hydrogen) atoms. The normalized spacial score (nSPS) is 10.7. The van der Waals surface area contributed by atoms with Crippen LogP contribution in [-0.2, 0) is 13.0 Å². The zero-order chi connectivity index (χ0) is 14.7. The van der Waals surface area contributed by atoms with E-state index in [0.717, 1.165) is 24.2 Å². The molecule has 1 aromatic heterocycles. The van der Waals surface area contributed by atoms with Gasteiger partial charge < -0.3 is 5.73 Å². The Balaban J connectivity index is 2.26. The Morgan fingerprint density at radius 3 is 2.85 bits per heavy atom. The van der Waals surface area contributed by atoms with E-state index in [-0.39, 0.29) is 6.54 Å². The molecule has 0 unspecified atom stereocenters. The molecule has 0 spiro atoms. The molecule has 8 heteroatoms. The molecule has 1 heterocycles. The first-order valence-corrected chi connectivity index (χ1v) is 6.13. The van der Waals surface area contributed by atoms with Crippen LogP contribution in [0.25, 0.3) is 0 Å². The van der Waals surface area contributed by atoms with E-state index in [1.54, 1.807) is 4.68 Å². The van der Waals surface area contributed by atoms with Gasteiger partial charge in [-0.3, -0.25) is 10.1 Å². The standard InChI is InChI=1S/C12H14FN5O2/c1-2-3-11-12(14)15-16-17(11)7-8-4-5-10(18(19)20)9(13)6-8/h4-6H,2-3,7,14H2,1H3. The molecule has 0 bridgehead atoms. The second-order valence-electron chi connectivity index (χ2n) is 4.37. The molecule has 0 saturated carbocycles. The number of benzene rings is 1. The third-order valence-electron chi connectivity index (χ3n) is 2.90. The van der Waals surface area contributed by atoms with Crippen molar-refractivity contribution < 1.29 is 9.31 Å². The van der Waals surface area contributed by atoms with Gasteiger partial charge in [0.15, 0.2) is 5.82 Å². The monoisotopic (exact) mass is 279 g/mol. The van der Waals surface area contributed by atoms with Crippen molar-refractivity contribution in [3.05, 3.63) is 45.4 Å². The minimum absolute atomic E-state index is 0.272. The molecule has 106 valence electrons. The van der Waals surface area contributed by atoms with Crippen LogP contribution in [0, 0.1) is 15.9 Å². The molecule has 0 radical (unpaired) electrons. The largest absolute Gasteiger partial charge is 0.381 e. The molecule has 1 aromatic carbocycles. The van der Waals surface area contributed by atoms with Crippen molar-refractivity contribution >= 4 is 11.5 Å². The highest BCUT2D eigenvalue weighted by Gasteiger charge is 2.15. The van der Waals surface area contributed by atoms with Crippen molar-refractivity contribution in [3.8, 4) is 0 Å².